The van der Waals surface area contributed by atoms with Gasteiger partial charge in [0.15, 0.2) is 10.8 Å². The minimum atomic E-state index is -0.247. The molecular weight excluding hydrogens is 447 g/mol. The molecule has 4 aromatic rings. The molecule has 0 saturated heterocycles. The van der Waals surface area contributed by atoms with E-state index >= 15 is 0 Å². The smallest absolute Gasteiger partial charge is 0.251 e. The van der Waals surface area contributed by atoms with Crippen LogP contribution in [0.25, 0.3) is 11.2 Å². The molecule has 1 aliphatic rings. The summed E-state index contributed by atoms with van der Waals surface area (Å²) in [5.41, 5.74) is 4.45. The van der Waals surface area contributed by atoms with Gasteiger partial charge >= 0.3 is 0 Å². The van der Waals surface area contributed by atoms with Crippen LogP contribution in [0.2, 0.25) is 0 Å². The number of hydrogen-bond acceptors (Lipinski definition) is 4. The van der Waals surface area contributed by atoms with E-state index < -0.39 is 0 Å². The van der Waals surface area contributed by atoms with E-state index in [-0.39, 0.29) is 11.7 Å². The summed E-state index contributed by atoms with van der Waals surface area (Å²) < 4.78 is 15.4. The number of carbonyl (C=O) groups is 1. The van der Waals surface area contributed by atoms with Crippen molar-refractivity contribution in [1.29, 1.82) is 0 Å². The van der Waals surface area contributed by atoms with Gasteiger partial charge in [-0.15, -0.1) is 0 Å². The maximum atomic E-state index is 13.3. The van der Waals surface area contributed by atoms with Crippen LogP contribution in [0.5, 0.6) is 0 Å². The molecule has 0 spiro atoms. The number of aromatic nitrogens is 3. The topological polar surface area (TPSA) is 59.8 Å². The van der Waals surface area contributed by atoms with Crippen LogP contribution >= 0.6 is 11.8 Å². The molecule has 34 heavy (non-hydrogen) atoms. The van der Waals surface area contributed by atoms with Crippen LogP contribution in [-0.2, 0) is 12.3 Å². The van der Waals surface area contributed by atoms with Crippen LogP contribution in [0.1, 0.15) is 53.6 Å². The third-order valence-corrected chi connectivity index (χ3v) is 7.29. The zero-order valence-electron chi connectivity index (χ0n) is 18.9. The zero-order chi connectivity index (χ0) is 23.3. The molecule has 1 saturated carbocycles. The summed E-state index contributed by atoms with van der Waals surface area (Å²) in [5.74, 6) is 0.484. The summed E-state index contributed by atoms with van der Waals surface area (Å²) in [6.07, 6.45) is 7.58. The van der Waals surface area contributed by atoms with Gasteiger partial charge < -0.3 is 5.32 Å². The van der Waals surface area contributed by atoms with E-state index in [1.54, 1.807) is 30.1 Å². The second kappa shape index (κ2) is 10.4. The molecule has 1 fully saturated rings. The highest BCUT2D eigenvalue weighted by molar-refractivity contribution is 7.98. The van der Waals surface area contributed by atoms with Gasteiger partial charge in [-0.2, -0.15) is 0 Å². The van der Waals surface area contributed by atoms with Crippen LogP contribution in [0.3, 0.4) is 0 Å². The van der Waals surface area contributed by atoms with Crippen molar-refractivity contribution in [1.82, 2.24) is 19.9 Å². The Bertz CT molecular complexity index is 1260. The highest BCUT2D eigenvalue weighted by Gasteiger charge is 2.17. The molecule has 2 aromatic carbocycles. The molecule has 2 heterocycles. The number of carbonyl (C=O) groups excluding carboxylic acids is 1. The second-order valence-electron chi connectivity index (χ2n) is 8.75. The molecule has 1 aliphatic carbocycles. The predicted molar refractivity (Wildman–Crippen MR) is 133 cm³/mol. The molecule has 0 bridgehead atoms. The van der Waals surface area contributed by atoms with Gasteiger partial charge in [0.25, 0.3) is 5.91 Å². The van der Waals surface area contributed by atoms with Crippen LogP contribution in [0.15, 0.2) is 72.0 Å². The highest BCUT2D eigenvalue weighted by Crippen LogP contribution is 2.27. The van der Waals surface area contributed by atoms with Crippen molar-refractivity contribution in [3.8, 4) is 0 Å². The Kier molecular flexibility index (Phi) is 6.90. The third-order valence-electron chi connectivity index (χ3n) is 6.25. The molecule has 0 aliphatic heterocycles. The molecule has 7 heteroatoms. The molecular formula is C27H27FN4OS. The lowest BCUT2D eigenvalue weighted by Gasteiger charge is -2.22. The molecule has 1 N–H and O–H groups in total. The number of hydrogen-bond donors (Lipinski definition) is 1. The molecule has 0 radical (unpaired) electrons. The van der Waals surface area contributed by atoms with Crippen molar-refractivity contribution < 1.29 is 9.18 Å². The SMILES string of the molecule is O=C(NC1CCCCC1)c1ccc(CSc2nc3cccnc3n2Cc2ccc(F)cc2)cc1. The highest BCUT2D eigenvalue weighted by atomic mass is 32.2. The standard InChI is InChI=1S/C27H27FN4OS/c28-22-14-10-19(11-15-22)17-32-25-24(7-4-16-29-25)31-27(32)34-18-20-8-12-21(13-9-20)26(33)30-23-5-2-1-3-6-23/h4,7-16,23H,1-3,5-6,17-18H2,(H,30,33). The number of halogens is 1. The van der Waals surface area contributed by atoms with E-state index in [1.807, 2.05) is 36.4 Å². The maximum absolute atomic E-state index is 13.3. The first kappa shape index (κ1) is 22.6. The molecule has 2 aromatic heterocycles. The number of imidazole rings is 1. The number of amides is 1. The van der Waals surface area contributed by atoms with Gasteiger partial charge in [-0.1, -0.05) is 55.3 Å². The third kappa shape index (κ3) is 5.30. The summed E-state index contributed by atoms with van der Waals surface area (Å²) in [4.78, 5) is 21.9. The molecule has 0 atom stereocenters. The molecule has 5 rings (SSSR count). The van der Waals surface area contributed by atoms with Crippen molar-refractivity contribution in [2.24, 2.45) is 0 Å². The number of benzene rings is 2. The van der Waals surface area contributed by atoms with Gasteiger partial charge in [-0.05, 0) is 60.4 Å². The lowest BCUT2D eigenvalue weighted by molar-refractivity contribution is 0.0927. The van der Waals surface area contributed by atoms with Crippen molar-refractivity contribution in [3.63, 3.8) is 0 Å². The van der Waals surface area contributed by atoms with Gasteiger partial charge in [-0.3, -0.25) is 9.36 Å². The molecule has 1 amide bonds. The van der Waals surface area contributed by atoms with E-state index in [2.05, 4.69) is 14.9 Å². The Morgan fingerprint density at radius 3 is 2.50 bits per heavy atom. The fourth-order valence-electron chi connectivity index (χ4n) is 4.38. The summed E-state index contributed by atoms with van der Waals surface area (Å²) in [7, 11) is 0. The first-order valence-electron chi connectivity index (χ1n) is 11.7. The number of pyridine rings is 1. The van der Waals surface area contributed by atoms with E-state index in [0.29, 0.717) is 18.2 Å². The van der Waals surface area contributed by atoms with Gasteiger partial charge in [0.1, 0.15) is 11.3 Å². The normalized spacial score (nSPS) is 14.4. The second-order valence-corrected chi connectivity index (χ2v) is 9.69. The maximum Gasteiger partial charge on any atom is 0.251 e. The van der Waals surface area contributed by atoms with Gasteiger partial charge in [-0.25, -0.2) is 14.4 Å². The average Bonchev–Trinajstić information content (AvgIpc) is 3.22. The first-order chi connectivity index (χ1) is 16.7. The quantitative estimate of drug-likeness (QED) is 0.335. The minimum Gasteiger partial charge on any atom is -0.349 e. The Morgan fingerprint density at radius 2 is 1.74 bits per heavy atom. The lowest BCUT2D eigenvalue weighted by Crippen LogP contribution is -2.36. The minimum absolute atomic E-state index is 0.0123. The van der Waals surface area contributed by atoms with Crippen molar-refractivity contribution in [3.05, 3.63) is 89.4 Å². The Hall–Kier alpha value is -3.19. The number of fused-ring (bicyclic) bond motifs is 1. The zero-order valence-corrected chi connectivity index (χ0v) is 19.7. The summed E-state index contributed by atoms with van der Waals surface area (Å²) in [5, 5.41) is 4.03. The van der Waals surface area contributed by atoms with Crippen LogP contribution < -0.4 is 5.32 Å². The van der Waals surface area contributed by atoms with Crippen molar-refractivity contribution in [2.45, 2.75) is 55.6 Å². The first-order valence-corrected chi connectivity index (χ1v) is 12.7. The van der Waals surface area contributed by atoms with Crippen molar-refractivity contribution in [2.75, 3.05) is 0 Å². The van der Waals surface area contributed by atoms with Gasteiger partial charge in [0, 0.05) is 23.6 Å². The van der Waals surface area contributed by atoms with Crippen LogP contribution in [-0.4, -0.2) is 26.5 Å². The number of thioether (sulfide) groups is 1. The Labute approximate surface area is 202 Å². The summed E-state index contributed by atoms with van der Waals surface area (Å²) in [6, 6.07) is 18.5. The Morgan fingerprint density at radius 1 is 1.00 bits per heavy atom. The lowest BCUT2D eigenvalue weighted by atomic mass is 9.95. The fraction of sp³-hybridized carbons (Fsp3) is 0.296. The average molecular weight is 475 g/mol. The number of nitrogens with zero attached hydrogens (tertiary/aromatic N) is 3. The van der Waals surface area contributed by atoms with E-state index in [4.69, 9.17) is 4.98 Å². The summed E-state index contributed by atoms with van der Waals surface area (Å²) >= 11 is 1.63. The van der Waals surface area contributed by atoms with Crippen LogP contribution in [0.4, 0.5) is 4.39 Å². The Balaban J connectivity index is 1.28. The molecule has 174 valence electrons. The summed E-state index contributed by atoms with van der Waals surface area (Å²) in [6.45, 7) is 0.566. The van der Waals surface area contributed by atoms with E-state index in [9.17, 15) is 9.18 Å². The van der Waals surface area contributed by atoms with Gasteiger partial charge in [0.05, 0.1) is 6.54 Å². The predicted octanol–water partition coefficient (Wildman–Crippen LogP) is 5.97. The van der Waals surface area contributed by atoms with E-state index in [1.165, 1.54) is 31.4 Å². The van der Waals surface area contributed by atoms with Gasteiger partial charge in [0.2, 0.25) is 0 Å². The monoisotopic (exact) mass is 474 g/mol. The van der Waals surface area contributed by atoms with E-state index in [0.717, 1.165) is 46.0 Å². The fourth-order valence-corrected chi connectivity index (χ4v) is 5.34. The number of rotatable bonds is 7. The molecule has 0 unspecified atom stereocenters. The van der Waals surface area contributed by atoms with Crippen LogP contribution in [0, 0.1) is 5.82 Å². The number of nitrogens with one attached hydrogen (secondary N) is 1. The largest absolute Gasteiger partial charge is 0.349 e. The van der Waals surface area contributed by atoms with Crippen molar-refractivity contribution >= 4 is 28.8 Å². The molecule has 5 nitrogen and oxygen atoms in total.